The molecule has 0 unspecified atom stereocenters. The molecule has 22 heavy (non-hydrogen) atoms. The van der Waals surface area contributed by atoms with Gasteiger partial charge in [0.2, 0.25) is 0 Å². The first kappa shape index (κ1) is 16.0. The van der Waals surface area contributed by atoms with Crippen LogP contribution >= 0.6 is 0 Å². The average Bonchev–Trinajstić information content (AvgIpc) is 2.93. The molecule has 0 aliphatic rings. The first-order chi connectivity index (χ1) is 10.3. The monoisotopic (exact) mass is 305 g/mol. The standard InChI is InChI=1S/C16H20FN3O2/c1-16(2,3)14-8-11(19-20-14)9-18-15(21)10-5-6-13(22-4)12(17)7-10/h5-8H,9H2,1-4H3,(H,18,21)(H,19,20). The van der Waals surface area contributed by atoms with Crippen LogP contribution in [0.2, 0.25) is 0 Å². The number of hydrogen-bond acceptors (Lipinski definition) is 3. The van der Waals surface area contributed by atoms with E-state index in [9.17, 15) is 9.18 Å². The molecule has 6 heteroatoms. The minimum Gasteiger partial charge on any atom is -0.494 e. The Morgan fingerprint density at radius 1 is 1.36 bits per heavy atom. The molecule has 2 rings (SSSR count). The number of ether oxygens (including phenoxy) is 1. The summed E-state index contributed by atoms with van der Waals surface area (Å²) < 4.78 is 18.4. The number of hydrogen-bond donors (Lipinski definition) is 2. The largest absolute Gasteiger partial charge is 0.494 e. The lowest BCUT2D eigenvalue weighted by Gasteiger charge is -2.13. The van der Waals surface area contributed by atoms with E-state index in [0.717, 1.165) is 17.5 Å². The highest BCUT2D eigenvalue weighted by molar-refractivity contribution is 5.94. The summed E-state index contributed by atoms with van der Waals surface area (Å²) in [6.07, 6.45) is 0. The van der Waals surface area contributed by atoms with E-state index < -0.39 is 5.82 Å². The first-order valence-electron chi connectivity index (χ1n) is 6.98. The lowest BCUT2D eigenvalue weighted by molar-refractivity contribution is 0.0950. The van der Waals surface area contributed by atoms with Crippen molar-refractivity contribution >= 4 is 5.91 Å². The minimum absolute atomic E-state index is 0.0577. The van der Waals surface area contributed by atoms with Crippen LogP contribution in [0.5, 0.6) is 5.75 Å². The van der Waals surface area contributed by atoms with E-state index in [4.69, 9.17) is 4.74 Å². The molecule has 1 heterocycles. The molecule has 2 aromatic rings. The van der Waals surface area contributed by atoms with Gasteiger partial charge in [-0.3, -0.25) is 9.89 Å². The molecular formula is C16H20FN3O2. The van der Waals surface area contributed by atoms with Crippen LogP contribution in [-0.4, -0.2) is 23.2 Å². The molecular weight excluding hydrogens is 285 g/mol. The van der Waals surface area contributed by atoms with Crippen molar-refractivity contribution in [3.63, 3.8) is 0 Å². The number of methoxy groups -OCH3 is 1. The molecule has 0 spiro atoms. The Morgan fingerprint density at radius 2 is 2.09 bits per heavy atom. The molecule has 0 bridgehead atoms. The molecule has 0 fully saturated rings. The number of aromatic nitrogens is 2. The van der Waals surface area contributed by atoms with Crippen molar-refractivity contribution < 1.29 is 13.9 Å². The van der Waals surface area contributed by atoms with E-state index in [0.29, 0.717) is 6.54 Å². The average molecular weight is 305 g/mol. The van der Waals surface area contributed by atoms with Gasteiger partial charge in [-0.15, -0.1) is 0 Å². The zero-order chi connectivity index (χ0) is 16.3. The number of aromatic amines is 1. The molecule has 118 valence electrons. The van der Waals surface area contributed by atoms with Crippen molar-refractivity contribution in [2.75, 3.05) is 7.11 Å². The number of benzene rings is 1. The molecule has 1 aromatic carbocycles. The molecule has 1 aromatic heterocycles. The van der Waals surface area contributed by atoms with Gasteiger partial charge in [0.1, 0.15) is 0 Å². The second-order valence-electron chi connectivity index (χ2n) is 6.06. The Hall–Kier alpha value is -2.37. The fraction of sp³-hybridized carbons (Fsp3) is 0.375. The van der Waals surface area contributed by atoms with Crippen LogP contribution in [0.4, 0.5) is 4.39 Å². The van der Waals surface area contributed by atoms with E-state index in [2.05, 4.69) is 36.3 Å². The molecule has 0 aliphatic heterocycles. The quantitative estimate of drug-likeness (QED) is 0.912. The lowest BCUT2D eigenvalue weighted by atomic mass is 9.92. The van der Waals surface area contributed by atoms with E-state index in [1.165, 1.54) is 19.2 Å². The van der Waals surface area contributed by atoms with Crippen LogP contribution in [0.15, 0.2) is 24.3 Å². The summed E-state index contributed by atoms with van der Waals surface area (Å²) in [5, 5.41) is 9.84. The van der Waals surface area contributed by atoms with Crippen molar-refractivity contribution in [3.05, 3.63) is 47.0 Å². The first-order valence-corrected chi connectivity index (χ1v) is 6.98. The maximum absolute atomic E-state index is 13.6. The zero-order valence-corrected chi connectivity index (χ0v) is 13.2. The molecule has 0 radical (unpaired) electrons. The van der Waals surface area contributed by atoms with Crippen molar-refractivity contribution in [1.29, 1.82) is 0 Å². The van der Waals surface area contributed by atoms with Crippen molar-refractivity contribution in [2.45, 2.75) is 32.7 Å². The van der Waals surface area contributed by atoms with Gasteiger partial charge in [-0.25, -0.2) is 4.39 Å². The highest BCUT2D eigenvalue weighted by Crippen LogP contribution is 2.20. The van der Waals surface area contributed by atoms with Gasteiger partial charge in [-0.1, -0.05) is 20.8 Å². The van der Waals surface area contributed by atoms with Crippen molar-refractivity contribution in [2.24, 2.45) is 0 Å². The Morgan fingerprint density at radius 3 is 2.64 bits per heavy atom. The number of halogens is 1. The number of H-pyrrole nitrogens is 1. The third kappa shape index (κ3) is 3.63. The Kier molecular flexibility index (Phi) is 4.49. The van der Waals surface area contributed by atoms with Crippen LogP contribution in [0.3, 0.4) is 0 Å². The van der Waals surface area contributed by atoms with Gasteiger partial charge in [0.15, 0.2) is 11.6 Å². The fourth-order valence-corrected chi connectivity index (χ4v) is 1.92. The number of nitrogens with zero attached hydrogens (tertiary/aromatic N) is 1. The zero-order valence-electron chi connectivity index (χ0n) is 13.2. The number of amides is 1. The second-order valence-corrected chi connectivity index (χ2v) is 6.06. The maximum Gasteiger partial charge on any atom is 0.251 e. The Bertz CT molecular complexity index is 674. The van der Waals surface area contributed by atoms with Gasteiger partial charge in [0, 0.05) is 11.0 Å². The van der Waals surface area contributed by atoms with E-state index in [1.807, 2.05) is 6.07 Å². The number of nitrogens with one attached hydrogen (secondary N) is 2. The summed E-state index contributed by atoms with van der Waals surface area (Å²) in [5.41, 5.74) is 1.91. The number of carbonyl (C=O) groups excluding carboxylic acids is 1. The molecule has 1 amide bonds. The van der Waals surface area contributed by atoms with Gasteiger partial charge in [-0.05, 0) is 24.3 Å². The minimum atomic E-state index is -0.563. The Labute approximate surface area is 128 Å². The number of rotatable bonds is 4. The fourth-order valence-electron chi connectivity index (χ4n) is 1.92. The predicted octanol–water partition coefficient (Wildman–Crippen LogP) is 2.78. The third-order valence-corrected chi connectivity index (χ3v) is 3.25. The SMILES string of the molecule is COc1ccc(C(=O)NCc2cc(C(C)(C)C)n[nH]2)cc1F. The molecule has 0 saturated heterocycles. The van der Waals surface area contributed by atoms with Crippen molar-refractivity contribution in [1.82, 2.24) is 15.5 Å². The normalized spacial score (nSPS) is 11.3. The summed E-state index contributed by atoms with van der Waals surface area (Å²) >= 11 is 0. The van der Waals surface area contributed by atoms with Gasteiger partial charge < -0.3 is 10.1 Å². The highest BCUT2D eigenvalue weighted by Gasteiger charge is 2.17. The molecule has 0 saturated carbocycles. The summed E-state index contributed by atoms with van der Waals surface area (Å²) in [5.74, 6) is -0.805. The highest BCUT2D eigenvalue weighted by atomic mass is 19.1. The van der Waals surface area contributed by atoms with Gasteiger partial charge in [0.25, 0.3) is 5.91 Å². The summed E-state index contributed by atoms with van der Waals surface area (Å²) in [4.78, 5) is 12.0. The van der Waals surface area contributed by atoms with Gasteiger partial charge >= 0.3 is 0 Å². The smallest absolute Gasteiger partial charge is 0.251 e. The van der Waals surface area contributed by atoms with Gasteiger partial charge in [-0.2, -0.15) is 5.10 Å². The summed E-state index contributed by atoms with van der Waals surface area (Å²) in [7, 11) is 1.38. The van der Waals surface area contributed by atoms with Crippen molar-refractivity contribution in [3.8, 4) is 5.75 Å². The van der Waals surface area contributed by atoms with Crippen LogP contribution in [0, 0.1) is 5.82 Å². The summed E-state index contributed by atoms with van der Waals surface area (Å²) in [6.45, 7) is 6.48. The third-order valence-electron chi connectivity index (χ3n) is 3.25. The lowest BCUT2D eigenvalue weighted by Crippen LogP contribution is -2.23. The number of carbonyl (C=O) groups is 1. The molecule has 0 atom stereocenters. The van der Waals surface area contributed by atoms with Crippen LogP contribution < -0.4 is 10.1 Å². The second kappa shape index (κ2) is 6.17. The van der Waals surface area contributed by atoms with E-state index in [1.54, 1.807) is 0 Å². The van der Waals surface area contributed by atoms with Crippen LogP contribution in [-0.2, 0) is 12.0 Å². The molecule has 0 aliphatic carbocycles. The summed E-state index contributed by atoms with van der Waals surface area (Å²) in [6, 6.07) is 6.01. The maximum atomic E-state index is 13.6. The Balaban J connectivity index is 2.01. The van der Waals surface area contributed by atoms with Gasteiger partial charge in [0.05, 0.1) is 25.0 Å². The van der Waals surface area contributed by atoms with E-state index in [-0.39, 0.29) is 22.6 Å². The van der Waals surface area contributed by atoms with Crippen LogP contribution in [0.25, 0.3) is 0 Å². The van der Waals surface area contributed by atoms with E-state index >= 15 is 0 Å². The molecule has 5 nitrogen and oxygen atoms in total. The topological polar surface area (TPSA) is 67.0 Å². The van der Waals surface area contributed by atoms with Crippen LogP contribution in [0.1, 0.15) is 42.5 Å². The molecule has 2 N–H and O–H groups in total. The predicted molar refractivity (Wildman–Crippen MR) is 81.4 cm³/mol.